The summed E-state index contributed by atoms with van der Waals surface area (Å²) in [6.07, 6.45) is 3.09. The molecule has 7 nitrogen and oxygen atoms in total. The van der Waals surface area contributed by atoms with Gasteiger partial charge in [-0.15, -0.1) is 0 Å². The molecule has 4 rings (SSSR count). The van der Waals surface area contributed by atoms with E-state index >= 15 is 0 Å². The van der Waals surface area contributed by atoms with Crippen LogP contribution in [0.5, 0.6) is 0 Å². The van der Waals surface area contributed by atoms with Gasteiger partial charge in [-0.05, 0) is 63.8 Å². The fraction of sp³-hybridized carbons (Fsp3) is 0.409. The molecule has 0 atom stereocenters. The Hall–Kier alpha value is -3.16. The lowest BCUT2D eigenvalue weighted by molar-refractivity contribution is -0.120. The van der Waals surface area contributed by atoms with Crippen molar-refractivity contribution in [2.45, 2.75) is 51.6 Å². The van der Waals surface area contributed by atoms with Gasteiger partial charge in [0.15, 0.2) is 5.58 Å². The molecular weight excluding hydrogens is 387 g/mol. The third-order valence-corrected chi connectivity index (χ3v) is 5.56. The standard InChI is InChI=1S/C22H25FN4O3/c1-13(2)27-17-11-10-16(12-18(17)30-22(27)29)25-21(28)14-6-8-15(9-7-14)24-20-5-3-4-19(23)26-20/h3-5,10-15H,6-9H2,1-2H3,(H,24,26)(H,25,28). The van der Waals surface area contributed by atoms with Crippen LogP contribution in [0.15, 0.2) is 45.6 Å². The topological polar surface area (TPSA) is 89.2 Å². The molecule has 1 fully saturated rings. The number of carbonyl (C=O) groups is 1. The predicted octanol–water partition coefficient (Wildman–Crippen LogP) is 4.32. The zero-order chi connectivity index (χ0) is 21.3. The van der Waals surface area contributed by atoms with Gasteiger partial charge in [-0.1, -0.05) is 6.07 Å². The molecule has 2 heterocycles. The number of hydrogen-bond acceptors (Lipinski definition) is 5. The van der Waals surface area contributed by atoms with Crippen LogP contribution in [0.4, 0.5) is 15.9 Å². The third-order valence-electron chi connectivity index (χ3n) is 5.56. The molecule has 2 aromatic heterocycles. The first-order valence-electron chi connectivity index (χ1n) is 10.3. The summed E-state index contributed by atoms with van der Waals surface area (Å²) in [5.74, 6) is -0.522. The van der Waals surface area contributed by atoms with E-state index in [1.165, 1.54) is 6.07 Å². The van der Waals surface area contributed by atoms with Crippen LogP contribution in [0, 0.1) is 11.9 Å². The molecule has 158 valence electrons. The zero-order valence-corrected chi connectivity index (χ0v) is 17.0. The van der Waals surface area contributed by atoms with Crippen molar-refractivity contribution in [1.82, 2.24) is 9.55 Å². The average molecular weight is 412 g/mol. The number of pyridine rings is 1. The van der Waals surface area contributed by atoms with E-state index in [2.05, 4.69) is 15.6 Å². The number of carbonyl (C=O) groups excluding carboxylic acids is 1. The number of nitrogens with zero attached hydrogens (tertiary/aromatic N) is 2. The molecule has 0 radical (unpaired) electrons. The summed E-state index contributed by atoms with van der Waals surface area (Å²) in [5.41, 5.74) is 1.79. The van der Waals surface area contributed by atoms with Crippen molar-refractivity contribution in [3.8, 4) is 0 Å². The Balaban J connectivity index is 1.36. The van der Waals surface area contributed by atoms with Crippen molar-refractivity contribution in [2.75, 3.05) is 10.6 Å². The van der Waals surface area contributed by atoms with Crippen molar-refractivity contribution >= 4 is 28.5 Å². The van der Waals surface area contributed by atoms with Crippen LogP contribution < -0.4 is 16.4 Å². The number of aromatic nitrogens is 2. The number of anilines is 2. The Morgan fingerprint density at radius 1 is 1.20 bits per heavy atom. The van der Waals surface area contributed by atoms with Crippen LogP contribution in [-0.4, -0.2) is 21.5 Å². The number of fused-ring (bicyclic) bond motifs is 1. The molecule has 0 bridgehead atoms. The zero-order valence-electron chi connectivity index (χ0n) is 17.0. The fourth-order valence-corrected chi connectivity index (χ4v) is 4.05. The molecule has 1 aromatic carbocycles. The van der Waals surface area contributed by atoms with E-state index < -0.39 is 11.7 Å². The Kier molecular flexibility index (Phi) is 5.57. The Morgan fingerprint density at radius 2 is 1.97 bits per heavy atom. The monoisotopic (exact) mass is 412 g/mol. The Bertz CT molecular complexity index is 1110. The molecule has 30 heavy (non-hydrogen) atoms. The summed E-state index contributed by atoms with van der Waals surface area (Å²) in [4.78, 5) is 28.6. The van der Waals surface area contributed by atoms with Crippen LogP contribution in [-0.2, 0) is 4.79 Å². The normalized spacial score (nSPS) is 19.2. The van der Waals surface area contributed by atoms with Gasteiger partial charge in [0.2, 0.25) is 11.9 Å². The van der Waals surface area contributed by atoms with Gasteiger partial charge in [0.25, 0.3) is 0 Å². The fourth-order valence-electron chi connectivity index (χ4n) is 4.05. The maximum Gasteiger partial charge on any atom is 0.420 e. The second-order valence-electron chi connectivity index (χ2n) is 8.04. The number of amides is 1. The largest absolute Gasteiger partial charge is 0.420 e. The molecular formula is C22H25FN4O3. The van der Waals surface area contributed by atoms with Crippen molar-refractivity contribution < 1.29 is 13.6 Å². The molecule has 1 saturated carbocycles. The SMILES string of the molecule is CC(C)n1c(=O)oc2cc(NC(=O)C3CCC(Nc4cccc(F)n4)CC3)ccc21. The highest BCUT2D eigenvalue weighted by Crippen LogP contribution is 2.28. The van der Waals surface area contributed by atoms with Crippen molar-refractivity contribution in [3.63, 3.8) is 0 Å². The van der Waals surface area contributed by atoms with E-state index in [9.17, 15) is 14.0 Å². The number of halogens is 1. The summed E-state index contributed by atoms with van der Waals surface area (Å²) in [6, 6.07) is 10.1. The van der Waals surface area contributed by atoms with Gasteiger partial charge in [-0.3, -0.25) is 9.36 Å². The van der Waals surface area contributed by atoms with Gasteiger partial charge in [0.05, 0.1) is 5.52 Å². The van der Waals surface area contributed by atoms with Crippen molar-refractivity contribution in [1.29, 1.82) is 0 Å². The van der Waals surface area contributed by atoms with Gasteiger partial charge in [-0.25, -0.2) is 9.78 Å². The minimum atomic E-state index is -0.510. The molecule has 0 unspecified atom stereocenters. The highest BCUT2D eigenvalue weighted by Gasteiger charge is 2.26. The van der Waals surface area contributed by atoms with E-state index in [0.29, 0.717) is 22.6 Å². The Morgan fingerprint density at radius 3 is 2.67 bits per heavy atom. The highest BCUT2D eigenvalue weighted by atomic mass is 19.1. The molecule has 0 saturated heterocycles. The van der Waals surface area contributed by atoms with Gasteiger partial charge in [-0.2, -0.15) is 4.39 Å². The molecule has 1 aliphatic carbocycles. The van der Waals surface area contributed by atoms with E-state index in [1.807, 2.05) is 13.8 Å². The molecule has 1 aliphatic rings. The van der Waals surface area contributed by atoms with Gasteiger partial charge >= 0.3 is 5.76 Å². The molecule has 0 spiro atoms. The van der Waals surface area contributed by atoms with Crippen LogP contribution in [0.3, 0.4) is 0 Å². The second-order valence-corrected chi connectivity index (χ2v) is 8.04. The first kappa shape index (κ1) is 20.1. The molecule has 3 aromatic rings. The van der Waals surface area contributed by atoms with E-state index in [0.717, 1.165) is 25.7 Å². The number of hydrogen-bond donors (Lipinski definition) is 2. The van der Waals surface area contributed by atoms with Crippen LogP contribution >= 0.6 is 0 Å². The van der Waals surface area contributed by atoms with Crippen LogP contribution in [0.1, 0.15) is 45.6 Å². The first-order valence-corrected chi connectivity index (χ1v) is 10.3. The average Bonchev–Trinajstić information content (AvgIpc) is 3.03. The van der Waals surface area contributed by atoms with Crippen LogP contribution in [0.25, 0.3) is 11.1 Å². The maximum absolute atomic E-state index is 13.2. The third kappa shape index (κ3) is 4.22. The molecule has 1 amide bonds. The Labute approximate surface area is 173 Å². The van der Waals surface area contributed by atoms with Gasteiger partial charge in [0.1, 0.15) is 5.82 Å². The number of rotatable bonds is 5. The number of oxazole rings is 1. The summed E-state index contributed by atoms with van der Waals surface area (Å²) in [5, 5.41) is 6.18. The predicted molar refractivity (Wildman–Crippen MR) is 113 cm³/mol. The van der Waals surface area contributed by atoms with Crippen molar-refractivity contribution in [2.24, 2.45) is 5.92 Å². The van der Waals surface area contributed by atoms with E-state index in [1.54, 1.807) is 34.9 Å². The number of nitrogens with one attached hydrogen (secondary N) is 2. The maximum atomic E-state index is 13.2. The highest BCUT2D eigenvalue weighted by molar-refractivity contribution is 5.94. The van der Waals surface area contributed by atoms with Crippen molar-refractivity contribution in [3.05, 3.63) is 52.9 Å². The molecule has 2 N–H and O–H groups in total. The van der Waals surface area contributed by atoms with Gasteiger partial charge < -0.3 is 15.1 Å². The lowest BCUT2D eigenvalue weighted by Crippen LogP contribution is -2.32. The molecule has 0 aliphatic heterocycles. The summed E-state index contributed by atoms with van der Waals surface area (Å²) in [7, 11) is 0. The summed E-state index contributed by atoms with van der Waals surface area (Å²) in [6.45, 7) is 3.84. The minimum absolute atomic E-state index is 0.00874. The first-order chi connectivity index (χ1) is 14.4. The summed E-state index contributed by atoms with van der Waals surface area (Å²) >= 11 is 0. The van der Waals surface area contributed by atoms with Gasteiger partial charge in [0, 0.05) is 29.8 Å². The second kappa shape index (κ2) is 8.30. The lowest BCUT2D eigenvalue weighted by Gasteiger charge is -2.28. The van der Waals surface area contributed by atoms with Crippen LogP contribution in [0.2, 0.25) is 0 Å². The minimum Gasteiger partial charge on any atom is -0.408 e. The smallest absolute Gasteiger partial charge is 0.408 e. The summed E-state index contributed by atoms with van der Waals surface area (Å²) < 4.78 is 20.1. The van der Waals surface area contributed by atoms with E-state index in [4.69, 9.17) is 4.42 Å². The number of benzene rings is 1. The van der Waals surface area contributed by atoms with E-state index in [-0.39, 0.29) is 23.9 Å². The quantitative estimate of drug-likeness (QED) is 0.609. The molecule has 8 heteroatoms. The lowest BCUT2D eigenvalue weighted by atomic mass is 9.85.